The Kier molecular flexibility index (Phi) is 3.22. The quantitative estimate of drug-likeness (QED) is 0.800. The van der Waals surface area contributed by atoms with E-state index in [4.69, 9.17) is 0 Å². The summed E-state index contributed by atoms with van der Waals surface area (Å²) in [6.07, 6.45) is 3.39. The Labute approximate surface area is 118 Å². The van der Waals surface area contributed by atoms with Crippen molar-refractivity contribution in [2.24, 2.45) is 0 Å². The normalized spacial score (nSPS) is 10.6. The van der Waals surface area contributed by atoms with Crippen LogP contribution in [0.5, 0.6) is 0 Å². The summed E-state index contributed by atoms with van der Waals surface area (Å²) in [7, 11) is 0. The Hall–Kier alpha value is -1.86. The summed E-state index contributed by atoms with van der Waals surface area (Å²) in [5, 5.41) is 6.95. The fraction of sp³-hybridized carbons (Fsp3) is 0.167. The van der Waals surface area contributed by atoms with Crippen molar-refractivity contribution < 1.29 is 0 Å². The van der Waals surface area contributed by atoms with Crippen molar-refractivity contribution in [1.82, 2.24) is 19.9 Å². The van der Waals surface area contributed by atoms with Gasteiger partial charge in [0, 0.05) is 17.8 Å². The van der Waals surface area contributed by atoms with E-state index in [0.29, 0.717) is 5.95 Å². The van der Waals surface area contributed by atoms with Gasteiger partial charge in [-0.05, 0) is 19.9 Å². The number of aromatic nitrogens is 4. The molecule has 0 atom stereocenters. The zero-order valence-electron chi connectivity index (χ0n) is 10.4. The molecule has 0 fully saturated rings. The van der Waals surface area contributed by atoms with Crippen molar-refractivity contribution in [3.05, 3.63) is 34.5 Å². The topological polar surface area (TPSA) is 63.6 Å². The Bertz CT molecular complexity index is 689. The molecule has 0 bridgehead atoms. The largest absolute Gasteiger partial charge is 0.300 e. The van der Waals surface area contributed by atoms with Crippen LogP contribution in [0.25, 0.3) is 10.6 Å². The lowest BCUT2D eigenvalue weighted by molar-refractivity contribution is 1.16. The third-order valence-corrected chi connectivity index (χ3v) is 4.28. The van der Waals surface area contributed by atoms with Crippen molar-refractivity contribution in [2.45, 2.75) is 13.8 Å². The minimum Gasteiger partial charge on any atom is -0.300 e. The number of nitrogens with zero attached hydrogens (tertiary/aromatic N) is 4. The third-order valence-electron chi connectivity index (χ3n) is 2.42. The molecule has 0 spiro atoms. The molecular formula is C12H11N5S2. The Morgan fingerprint density at radius 3 is 2.58 bits per heavy atom. The number of thiazole rings is 2. The monoisotopic (exact) mass is 289 g/mol. The average Bonchev–Trinajstić information content (AvgIpc) is 2.97. The standard InChI is InChI=1S/C12H11N5S2/c1-7-10(19-8(2)15-7)9-6-18-12(16-9)17-11-13-4-3-5-14-11/h3-6H,1-2H3,(H,13,14,16,17). The maximum Gasteiger partial charge on any atom is 0.228 e. The lowest BCUT2D eigenvalue weighted by Gasteiger charge is -1.98. The first-order chi connectivity index (χ1) is 9.22. The second-order valence-electron chi connectivity index (χ2n) is 3.88. The molecule has 1 N–H and O–H groups in total. The van der Waals surface area contributed by atoms with Crippen LogP contribution in [0.15, 0.2) is 23.8 Å². The van der Waals surface area contributed by atoms with Crippen molar-refractivity contribution in [1.29, 1.82) is 0 Å². The van der Waals surface area contributed by atoms with Gasteiger partial charge in [-0.1, -0.05) is 0 Å². The number of hydrogen-bond acceptors (Lipinski definition) is 7. The fourth-order valence-corrected chi connectivity index (χ4v) is 3.31. The number of hydrogen-bond donors (Lipinski definition) is 1. The van der Waals surface area contributed by atoms with Crippen LogP contribution >= 0.6 is 22.7 Å². The summed E-state index contributed by atoms with van der Waals surface area (Å²) in [5.74, 6) is 0.556. The van der Waals surface area contributed by atoms with Gasteiger partial charge in [0.05, 0.1) is 21.3 Å². The van der Waals surface area contributed by atoms with Crippen molar-refractivity contribution in [2.75, 3.05) is 5.32 Å². The van der Waals surface area contributed by atoms with Crippen LogP contribution in [-0.4, -0.2) is 19.9 Å². The Morgan fingerprint density at radius 1 is 1.11 bits per heavy atom. The molecule has 5 nitrogen and oxygen atoms in total. The van der Waals surface area contributed by atoms with Crippen molar-refractivity contribution in [3.63, 3.8) is 0 Å². The average molecular weight is 289 g/mol. The maximum absolute atomic E-state index is 4.55. The summed E-state index contributed by atoms with van der Waals surface area (Å²) >= 11 is 3.19. The van der Waals surface area contributed by atoms with Crippen molar-refractivity contribution >= 4 is 33.8 Å². The molecular weight excluding hydrogens is 278 g/mol. The second-order valence-corrected chi connectivity index (χ2v) is 5.94. The Balaban J connectivity index is 1.86. The predicted octanol–water partition coefficient (Wildman–Crippen LogP) is 3.42. The zero-order valence-corrected chi connectivity index (χ0v) is 12.0. The van der Waals surface area contributed by atoms with Crippen LogP contribution in [-0.2, 0) is 0 Å². The van der Waals surface area contributed by atoms with Gasteiger partial charge < -0.3 is 5.32 Å². The molecule has 0 aliphatic heterocycles. The SMILES string of the molecule is Cc1nc(C)c(-c2csc(Nc3ncccn3)n2)s1. The van der Waals surface area contributed by atoms with Gasteiger partial charge >= 0.3 is 0 Å². The molecule has 19 heavy (non-hydrogen) atoms. The molecule has 3 aromatic rings. The molecule has 0 saturated heterocycles. The van der Waals surface area contributed by atoms with E-state index < -0.39 is 0 Å². The Morgan fingerprint density at radius 2 is 1.89 bits per heavy atom. The van der Waals surface area contributed by atoms with Gasteiger partial charge in [0.25, 0.3) is 0 Å². The molecule has 3 aromatic heterocycles. The molecule has 0 aliphatic rings. The summed E-state index contributed by atoms with van der Waals surface area (Å²) in [6.45, 7) is 4.01. The first-order valence-corrected chi connectivity index (χ1v) is 7.36. The molecule has 0 aromatic carbocycles. The van der Waals surface area contributed by atoms with E-state index in [1.807, 2.05) is 19.2 Å². The number of rotatable bonds is 3. The third kappa shape index (κ3) is 2.61. The molecule has 96 valence electrons. The predicted molar refractivity (Wildman–Crippen MR) is 78.0 cm³/mol. The van der Waals surface area contributed by atoms with Crippen LogP contribution in [0.4, 0.5) is 11.1 Å². The number of nitrogens with one attached hydrogen (secondary N) is 1. The van der Waals surface area contributed by atoms with E-state index in [0.717, 1.165) is 26.4 Å². The summed E-state index contributed by atoms with van der Waals surface area (Å²) < 4.78 is 0. The molecule has 0 radical (unpaired) electrons. The summed E-state index contributed by atoms with van der Waals surface area (Å²) in [6, 6.07) is 1.78. The first kappa shape index (κ1) is 12.2. The van der Waals surface area contributed by atoms with Gasteiger partial charge in [0.15, 0.2) is 5.13 Å². The van der Waals surface area contributed by atoms with Crippen LogP contribution in [0.2, 0.25) is 0 Å². The molecule has 0 saturated carbocycles. The van der Waals surface area contributed by atoms with Crippen LogP contribution < -0.4 is 5.32 Å². The molecule has 3 heterocycles. The first-order valence-electron chi connectivity index (χ1n) is 5.66. The maximum atomic E-state index is 4.55. The van der Waals surface area contributed by atoms with E-state index in [1.54, 1.807) is 29.8 Å². The number of anilines is 2. The van der Waals surface area contributed by atoms with E-state index in [1.165, 1.54) is 11.3 Å². The molecule has 3 rings (SSSR count). The second kappa shape index (κ2) is 5.02. The highest BCUT2D eigenvalue weighted by atomic mass is 32.1. The highest BCUT2D eigenvalue weighted by Crippen LogP contribution is 2.32. The van der Waals surface area contributed by atoms with E-state index in [2.05, 4.69) is 25.3 Å². The lowest BCUT2D eigenvalue weighted by atomic mass is 10.3. The van der Waals surface area contributed by atoms with E-state index in [-0.39, 0.29) is 0 Å². The van der Waals surface area contributed by atoms with Gasteiger partial charge in [-0.3, -0.25) is 0 Å². The van der Waals surface area contributed by atoms with Gasteiger partial charge in [-0.2, -0.15) is 0 Å². The van der Waals surface area contributed by atoms with Gasteiger partial charge in [-0.25, -0.2) is 19.9 Å². The van der Waals surface area contributed by atoms with Gasteiger partial charge in [0.1, 0.15) is 0 Å². The fourth-order valence-electron chi connectivity index (χ4n) is 1.66. The van der Waals surface area contributed by atoms with Crippen molar-refractivity contribution in [3.8, 4) is 10.6 Å². The van der Waals surface area contributed by atoms with Crippen LogP contribution in [0.3, 0.4) is 0 Å². The van der Waals surface area contributed by atoms with Gasteiger partial charge in [0.2, 0.25) is 5.95 Å². The molecule has 0 unspecified atom stereocenters. The van der Waals surface area contributed by atoms with Crippen LogP contribution in [0.1, 0.15) is 10.7 Å². The smallest absolute Gasteiger partial charge is 0.228 e. The summed E-state index contributed by atoms with van der Waals surface area (Å²) in [5.41, 5.74) is 1.97. The summed E-state index contributed by atoms with van der Waals surface area (Å²) in [4.78, 5) is 18.3. The molecule has 0 amide bonds. The van der Waals surface area contributed by atoms with E-state index >= 15 is 0 Å². The minimum atomic E-state index is 0.556. The molecule has 0 aliphatic carbocycles. The van der Waals surface area contributed by atoms with Gasteiger partial charge in [-0.15, -0.1) is 22.7 Å². The van der Waals surface area contributed by atoms with E-state index in [9.17, 15) is 0 Å². The minimum absolute atomic E-state index is 0.556. The number of aryl methyl sites for hydroxylation is 2. The zero-order chi connectivity index (χ0) is 13.2. The molecule has 7 heteroatoms. The highest BCUT2D eigenvalue weighted by molar-refractivity contribution is 7.16. The highest BCUT2D eigenvalue weighted by Gasteiger charge is 2.11. The van der Waals surface area contributed by atoms with Crippen LogP contribution in [0, 0.1) is 13.8 Å². The lowest BCUT2D eigenvalue weighted by Crippen LogP contribution is -1.94.